The third kappa shape index (κ3) is 2.87. The second-order valence-corrected chi connectivity index (χ2v) is 4.73. The molecule has 1 heterocycles. The van der Waals surface area contributed by atoms with Gasteiger partial charge in [0.05, 0.1) is 6.61 Å². The fourth-order valence-corrected chi connectivity index (χ4v) is 2.23. The highest BCUT2D eigenvalue weighted by Crippen LogP contribution is 2.27. The minimum atomic E-state index is -0.187. The van der Waals surface area contributed by atoms with Crippen LogP contribution in [0, 0.1) is 0 Å². The summed E-state index contributed by atoms with van der Waals surface area (Å²) in [7, 11) is 0. The van der Waals surface area contributed by atoms with Gasteiger partial charge in [0, 0.05) is 38.4 Å². The lowest BCUT2D eigenvalue weighted by atomic mass is 10.3. The van der Waals surface area contributed by atoms with Gasteiger partial charge >= 0.3 is 0 Å². The Bertz CT molecular complexity index is 349. The van der Waals surface area contributed by atoms with Gasteiger partial charge in [0.15, 0.2) is 0 Å². The lowest BCUT2D eigenvalue weighted by Crippen LogP contribution is -2.39. The molecule has 6 nitrogen and oxygen atoms in total. The van der Waals surface area contributed by atoms with Crippen molar-refractivity contribution in [3.05, 3.63) is 0 Å². The lowest BCUT2D eigenvalue weighted by molar-refractivity contribution is -0.139. The summed E-state index contributed by atoms with van der Waals surface area (Å²) in [6.45, 7) is 0.459. The first kappa shape index (κ1) is 13.0. The van der Waals surface area contributed by atoms with Crippen molar-refractivity contribution in [2.75, 3.05) is 19.7 Å². The van der Waals surface area contributed by atoms with Crippen molar-refractivity contribution < 1.29 is 19.5 Å². The molecule has 1 N–H and O–H groups in total. The standard InChI is InChI=1S/C12H18N2O4/c15-8-7-13(9-1-2-9)12(18)5-6-14-10(16)3-4-11(14)17/h9,15H,1-8H2. The van der Waals surface area contributed by atoms with E-state index in [4.69, 9.17) is 5.11 Å². The Morgan fingerprint density at radius 2 is 1.89 bits per heavy atom. The highest BCUT2D eigenvalue weighted by Gasteiger charge is 2.33. The van der Waals surface area contributed by atoms with Crippen LogP contribution in [0.1, 0.15) is 32.1 Å². The summed E-state index contributed by atoms with van der Waals surface area (Å²) in [6.07, 6.45) is 2.64. The number of likely N-dealkylation sites (tertiary alicyclic amines) is 1. The molecule has 3 amide bonds. The molecular weight excluding hydrogens is 236 g/mol. The highest BCUT2D eigenvalue weighted by molar-refractivity contribution is 6.02. The quantitative estimate of drug-likeness (QED) is 0.649. The summed E-state index contributed by atoms with van der Waals surface area (Å²) < 4.78 is 0. The molecule has 0 radical (unpaired) electrons. The molecule has 2 fully saturated rings. The molecule has 0 aromatic rings. The number of aliphatic hydroxyl groups is 1. The second kappa shape index (κ2) is 5.48. The normalized spacial score (nSPS) is 19.5. The fraction of sp³-hybridized carbons (Fsp3) is 0.750. The SMILES string of the molecule is O=C1CCC(=O)N1CCC(=O)N(CCO)C1CC1. The molecule has 1 aliphatic carbocycles. The molecule has 2 rings (SSSR count). The van der Waals surface area contributed by atoms with Gasteiger partial charge in [0.25, 0.3) is 0 Å². The van der Waals surface area contributed by atoms with Gasteiger partial charge in [-0.25, -0.2) is 0 Å². The van der Waals surface area contributed by atoms with Crippen LogP contribution >= 0.6 is 0 Å². The Kier molecular flexibility index (Phi) is 3.96. The van der Waals surface area contributed by atoms with Crippen LogP contribution in [0.15, 0.2) is 0 Å². The largest absolute Gasteiger partial charge is 0.395 e. The van der Waals surface area contributed by atoms with Gasteiger partial charge in [-0.3, -0.25) is 19.3 Å². The molecule has 1 aliphatic heterocycles. The number of imide groups is 1. The topological polar surface area (TPSA) is 77.9 Å². The van der Waals surface area contributed by atoms with Gasteiger partial charge in [0.1, 0.15) is 0 Å². The van der Waals surface area contributed by atoms with Crippen LogP contribution in [0.3, 0.4) is 0 Å². The highest BCUT2D eigenvalue weighted by atomic mass is 16.3. The molecule has 18 heavy (non-hydrogen) atoms. The summed E-state index contributed by atoms with van der Waals surface area (Å²) in [5.41, 5.74) is 0. The number of nitrogens with zero attached hydrogens (tertiary/aromatic N) is 2. The Morgan fingerprint density at radius 3 is 2.39 bits per heavy atom. The number of aliphatic hydroxyl groups excluding tert-OH is 1. The Morgan fingerprint density at radius 1 is 1.28 bits per heavy atom. The van der Waals surface area contributed by atoms with Crippen molar-refractivity contribution in [2.24, 2.45) is 0 Å². The van der Waals surface area contributed by atoms with Crippen molar-refractivity contribution in [2.45, 2.75) is 38.1 Å². The monoisotopic (exact) mass is 254 g/mol. The predicted molar refractivity (Wildman–Crippen MR) is 62.4 cm³/mol. The molecule has 0 atom stereocenters. The Hall–Kier alpha value is -1.43. The van der Waals surface area contributed by atoms with Crippen LogP contribution < -0.4 is 0 Å². The van der Waals surface area contributed by atoms with E-state index in [-0.39, 0.29) is 56.2 Å². The molecule has 1 saturated heterocycles. The molecule has 0 spiro atoms. The smallest absolute Gasteiger partial charge is 0.229 e. The van der Waals surface area contributed by atoms with E-state index in [1.807, 2.05) is 0 Å². The number of amides is 3. The van der Waals surface area contributed by atoms with Gasteiger partial charge in [-0.15, -0.1) is 0 Å². The van der Waals surface area contributed by atoms with Crippen LogP contribution in [0.25, 0.3) is 0 Å². The van der Waals surface area contributed by atoms with Crippen molar-refractivity contribution in [1.29, 1.82) is 0 Å². The molecule has 0 bridgehead atoms. The summed E-state index contributed by atoms with van der Waals surface area (Å²) in [6, 6.07) is 0.245. The number of hydrogen-bond donors (Lipinski definition) is 1. The summed E-state index contributed by atoms with van der Waals surface area (Å²) in [5.74, 6) is -0.458. The van der Waals surface area contributed by atoms with Gasteiger partial charge in [-0.2, -0.15) is 0 Å². The van der Waals surface area contributed by atoms with Crippen LogP contribution in [-0.2, 0) is 14.4 Å². The van der Waals surface area contributed by atoms with E-state index in [0.717, 1.165) is 12.8 Å². The van der Waals surface area contributed by atoms with Crippen molar-refractivity contribution in [3.8, 4) is 0 Å². The first-order valence-electron chi connectivity index (χ1n) is 6.37. The Labute approximate surface area is 106 Å². The molecule has 0 aromatic heterocycles. The van der Waals surface area contributed by atoms with Gasteiger partial charge in [-0.05, 0) is 12.8 Å². The first-order chi connectivity index (χ1) is 8.63. The lowest BCUT2D eigenvalue weighted by Gasteiger charge is -2.22. The maximum absolute atomic E-state index is 12.0. The molecule has 0 unspecified atom stereocenters. The van der Waals surface area contributed by atoms with Crippen LogP contribution in [0.4, 0.5) is 0 Å². The molecule has 2 aliphatic rings. The zero-order valence-electron chi connectivity index (χ0n) is 10.3. The van der Waals surface area contributed by atoms with Crippen molar-refractivity contribution >= 4 is 17.7 Å². The van der Waals surface area contributed by atoms with E-state index in [0.29, 0.717) is 6.54 Å². The van der Waals surface area contributed by atoms with E-state index >= 15 is 0 Å². The van der Waals surface area contributed by atoms with Gasteiger partial charge < -0.3 is 10.0 Å². The summed E-state index contributed by atoms with van der Waals surface area (Å²) >= 11 is 0. The van der Waals surface area contributed by atoms with Crippen molar-refractivity contribution in [1.82, 2.24) is 9.80 Å². The van der Waals surface area contributed by atoms with E-state index in [2.05, 4.69) is 0 Å². The van der Waals surface area contributed by atoms with E-state index < -0.39 is 0 Å². The molecule has 0 aromatic carbocycles. The number of carbonyl (C=O) groups is 3. The maximum atomic E-state index is 12.0. The number of rotatable bonds is 6. The zero-order chi connectivity index (χ0) is 13.1. The summed E-state index contributed by atoms with van der Waals surface area (Å²) in [5, 5.41) is 8.91. The minimum absolute atomic E-state index is 0.0518. The van der Waals surface area contributed by atoms with Crippen LogP contribution in [0.2, 0.25) is 0 Å². The Balaban J connectivity index is 1.83. The molecular formula is C12H18N2O4. The van der Waals surface area contributed by atoms with E-state index in [1.165, 1.54) is 4.90 Å². The van der Waals surface area contributed by atoms with Crippen LogP contribution in [-0.4, -0.2) is 58.4 Å². The number of hydrogen-bond acceptors (Lipinski definition) is 4. The summed E-state index contributed by atoms with van der Waals surface area (Å²) in [4.78, 5) is 37.5. The second-order valence-electron chi connectivity index (χ2n) is 4.73. The van der Waals surface area contributed by atoms with Gasteiger partial charge in [-0.1, -0.05) is 0 Å². The molecule has 100 valence electrons. The average molecular weight is 254 g/mol. The zero-order valence-corrected chi connectivity index (χ0v) is 10.3. The maximum Gasteiger partial charge on any atom is 0.229 e. The van der Waals surface area contributed by atoms with E-state index in [1.54, 1.807) is 4.90 Å². The molecule has 6 heteroatoms. The predicted octanol–water partition coefficient (Wildman–Crippen LogP) is -0.491. The van der Waals surface area contributed by atoms with Gasteiger partial charge in [0.2, 0.25) is 17.7 Å². The third-order valence-corrected chi connectivity index (χ3v) is 3.35. The first-order valence-corrected chi connectivity index (χ1v) is 6.37. The van der Waals surface area contributed by atoms with Crippen molar-refractivity contribution in [3.63, 3.8) is 0 Å². The van der Waals surface area contributed by atoms with Crippen LogP contribution in [0.5, 0.6) is 0 Å². The van der Waals surface area contributed by atoms with E-state index in [9.17, 15) is 14.4 Å². The average Bonchev–Trinajstić information content (AvgIpc) is 3.12. The minimum Gasteiger partial charge on any atom is -0.395 e. The fourth-order valence-electron chi connectivity index (χ4n) is 2.23. The third-order valence-electron chi connectivity index (χ3n) is 3.35. The molecule has 1 saturated carbocycles. The number of carbonyl (C=O) groups excluding carboxylic acids is 3.